The highest BCUT2D eigenvalue weighted by molar-refractivity contribution is 5.27. The van der Waals surface area contributed by atoms with Gasteiger partial charge in [-0.3, -0.25) is 0 Å². The van der Waals surface area contributed by atoms with E-state index in [0.29, 0.717) is 6.61 Å². The maximum atomic E-state index is 9.94. The van der Waals surface area contributed by atoms with Gasteiger partial charge in [0.2, 0.25) is 0 Å². The summed E-state index contributed by atoms with van der Waals surface area (Å²) in [5, 5.41) is 9.94. The molecule has 0 bridgehead atoms. The summed E-state index contributed by atoms with van der Waals surface area (Å²) < 4.78 is 5.55. The highest BCUT2D eigenvalue weighted by Crippen LogP contribution is 2.19. The zero-order chi connectivity index (χ0) is 11.5. The van der Waals surface area contributed by atoms with Crippen LogP contribution in [0.2, 0.25) is 0 Å². The lowest BCUT2D eigenvalue weighted by atomic mass is 10.0. The summed E-state index contributed by atoms with van der Waals surface area (Å²) in [5.74, 6) is 0. The van der Waals surface area contributed by atoms with E-state index in [9.17, 15) is 5.11 Å². The number of benzene rings is 1. The molecule has 15 heavy (non-hydrogen) atoms. The maximum absolute atomic E-state index is 9.94. The van der Waals surface area contributed by atoms with Crippen LogP contribution < -0.4 is 0 Å². The molecule has 0 fully saturated rings. The lowest BCUT2D eigenvalue weighted by Crippen LogP contribution is -2.23. The first-order chi connectivity index (χ1) is 6.90. The first kappa shape index (κ1) is 12.2. The quantitative estimate of drug-likeness (QED) is 0.827. The van der Waals surface area contributed by atoms with Crippen molar-refractivity contribution in [1.29, 1.82) is 0 Å². The first-order valence-corrected chi connectivity index (χ1v) is 5.28. The Hall–Kier alpha value is -0.860. The predicted octanol–water partition coefficient (Wildman–Crippen LogP) is 2.84. The summed E-state index contributed by atoms with van der Waals surface area (Å²) in [6, 6.07) is 7.83. The van der Waals surface area contributed by atoms with E-state index in [0.717, 1.165) is 11.1 Å². The average Bonchev–Trinajstić information content (AvgIpc) is 2.14. The van der Waals surface area contributed by atoms with Gasteiger partial charge in [0.25, 0.3) is 0 Å². The Balaban J connectivity index is 2.62. The topological polar surface area (TPSA) is 29.5 Å². The predicted molar refractivity (Wildman–Crippen MR) is 61.8 cm³/mol. The average molecular weight is 208 g/mol. The zero-order valence-corrected chi connectivity index (χ0v) is 9.95. The van der Waals surface area contributed by atoms with Gasteiger partial charge < -0.3 is 9.84 Å². The first-order valence-electron chi connectivity index (χ1n) is 5.28. The number of hydrogen-bond acceptors (Lipinski definition) is 2. The van der Waals surface area contributed by atoms with Crippen molar-refractivity contribution >= 4 is 0 Å². The van der Waals surface area contributed by atoms with Gasteiger partial charge in [-0.05, 0) is 38.8 Å². The number of aliphatic hydroxyl groups is 1. The van der Waals surface area contributed by atoms with Crippen LogP contribution >= 0.6 is 0 Å². The van der Waals surface area contributed by atoms with Crippen molar-refractivity contribution in [3.8, 4) is 0 Å². The Bertz CT molecular complexity index is 313. The summed E-state index contributed by atoms with van der Waals surface area (Å²) in [7, 11) is 0. The number of aliphatic hydroxyl groups excluding tert-OH is 1. The van der Waals surface area contributed by atoms with Crippen LogP contribution in [0.5, 0.6) is 0 Å². The molecular weight excluding hydrogens is 188 g/mol. The van der Waals surface area contributed by atoms with E-state index >= 15 is 0 Å². The Kier molecular flexibility index (Phi) is 3.89. The van der Waals surface area contributed by atoms with Crippen LogP contribution in [-0.4, -0.2) is 17.3 Å². The lowest BCUT2D eigenvalue weighted by Gasteiger charge is -2.22. The number of hydrogen-bond donors (Lipinski definition) is 1. The monoisotopic (exact) mass is 208 g/mol. The zero-order valence-electron chi connectivity index (χ0n) is 9.95. The van der Waals surface area contributed by atoms with Crippen molar-refractivity contribution in [3.63, 3.8) is 0 Å². The minimum Gasteiger partial charge on any atom is -0.386 e. The van der Waals surface area contributed by atoms with Gasteiger partial charge in [-0.2, -0.15) is 0 Å². The molecule has 0 saturated heterocycles. The van der Waals surface area contributed by atoms with E-state index in [-0.39, 0.29) is 5.60 Å². The van der Waals surface area contributed by atoms with Crippen LogP contribution in [0, 0.1) is 6.92 Å². The van der Waals surface area contributed by atoms with Crippen LogP contribution in [0.1, 0.15) is 38.0 Å². The van der Waals surface area contributed by atoms with Crippen molar-refractivity contribution in [2.24, 2.45) is 0 Å². The highest BCUT2D eigenvalue weighted by atomic mass is 16.5. The summed E-state index contributed by atoms with van der Waals surface area (Å²) in [6.45, 7) is 8.29. The second kappa shape index (κ2) is 4.77. The third-order valence-corrected chi connectivity index (χ3v) is 2.22. The van der Waals surface area contributed by atoms with E-state index in [1.54, 1.807) is 0 Å². The maximum Gasteiger partial charge on any atom is 0.103 e. The van der Waals surface area contributed by atoms with Crippen molar-refractivity contribution in [1.82, 2.24) is 0 Å². The van der Waals surface area contributed by atoms with Gasteiger partial charge in [0.1, 0.15) is 6.10 Å². The van der Waals surface area contributed by atoms with Crippen LogP contribution in [0.15, 0.2) is 24.3 Å². The molecule has 0 saturated carbocycles. The fourth-order valence-corrected chi connectivity index (χ4v) is 1.38. The third kappa shape index (κ3) is 4.02. The van der Waals surface area contributed by atoms with E-state index in [1.165, 1.54) is 0 Å². The van der Waals surface area contributed by atoms with Crippen LogP contribution in [0.3, 0.4) is 0 Å². The molecule has 1 rings (SSSR count). The molecule has 2 heteroatoms. The standard InChI is InChI=1S/C13H20O2/c1-10-7-5-6-8-11(10)12(14)9-15-13(2,3)4/h5-8,12,14H,9H2,1-4H3. The van der Waals surface area contributed by atoms with E-state index in [2.05, 4.69) is 0 Å². The molecule has 0 aliphatic heterocycles. The van der Waals surface area contributed by atoms with Gasteiger partial charge in [-0.25, -0.2) is 0 Å². The molecule has 1 aromatic carbocycles. The van der Waals surface area contributed by atoms with Crippen molar-refractivity contribution < 1.29 is 9.84 Å². The summed E-state index contributed by atoms with van der Waals surface area (Å²) in [5.41, 5.74) is 1.84. The van der Waals surface area contributed by atoms with E-state index < -0.39 is 6.10 Å². The molecule has 0 amide bonds. The molecule has 0 heterocycles. The summed E-state index contributed by atoms with van der Waals surface area (Å²) in [4.78, 5) is 0. The molecule has 0 aliphatic rings. The molecule has 0 aromatic heterocycles. The Labute approximate surface area is 91.9 Å². The smallest absolute Gasteiger partial charge is 0.103 e. The SMILES string of the molecule is Cc1ccccc1C(O)COC(C)(C)C. The fraction of sp³-hybridized carbons (Fsp3) is 0.538. The molecule has 1 aromatic rings. The van der Waals surface area contributed by atoms with Gasteiger partial charge in [-0.15, -0.1) is 0 Å². The Morgan fingerprint density at radius 2 is 1.87 bits per heavy atom. The molecular formula is C13H20O2. The number of rotatable bonds is 3. The van der Waals surface area contributed by atoms with Gasteiger partial charge >= 0.3 is 0 Å². The van der Waals surface area contributed by atoms with Gasteiger partial charge in [0.05, 0.1) is 12.2 Å². The molecule has 1 unspecified atom stereocenters. The van der Waals surface area contributed by atoms with Gasteiger partial charge in [0.15, 0.2) is 0 Å². The largest absolute Gasteiger partial charge is 0.386 e. The third-order valence-electron chi connectivity index (χ3n) is 2.22. The fourth-order valence-electron chi connectivity index (χ4n) is 1.38. The van der Waals surface area contributed by atoms with Crippen LogP contribution in [-0.2, 0) is 4.74 Å². The Morgan fingerprint density at radius 1 is 1.27 bits per heavy atom. The summed E-state index contributed by atoms with van der Waals surface area (Å²) in [6.07, 6.45) is -0.537. The highest BCUT2D eigenvalue weighted by Gasteiger charge is 2.15. The molecule has 84 valence electrons. The molecule has 0 radical (unpaired) electrons. The van der Waals surface area contributed by atoms with Gasteiger partial charge in [0, 0.05) is 0 Å². The number of aryl methyl sites for hydroxylation is 1. The molecule has 1 atom stereocenters. The van der Waals surface area contributed by atoms with Crippen molar-refractivity contribution in [2.45, 2.75) is 39.4 Å². The van der Waals surface area contributed by atoms with Crippen LogP contribution in [0.25, 0.3) is 0 Å². The second-order valence-corrected chi connectivity index (χ2v) is 4.80. The summed E-state index contributed by atoms with van der Waals surface area (Å²) >= 11 is 0. The Morgan fingerprint density at radius 3 is 2.40 bits per heavy atom. The lowest BCUT2D eigenvalue weighted by molar-refractivity contribution is -0.0497. The van der Waals surface area contributed by atoms with Crippen LogP contribution in [0.4, 0.5) is 0 Å². The van der Waals surface area contributed by atoms with E-state index in [1.807, 2.05) is 52.0 Å². The van der Waals surface area contributed by atoms with Crippen molar-refractivity contribution in [2.75, 3.05) is 6.61 Å². The second-order valence-electron chi connectivity index (χ2n) is 4.80. The molecule has 1 N–H and O–H groups in total. The van der Waals surface area contributed by atoms with Crippen molar-refractivity contribution in [3.05, 3.63) is 35.4 Å². The molecule has 0 spiro atoms. The minimum atomic E-state index is -0.537. The molecule has 0 aliphatic carbocycles. The molecule has 2 nitrogen and oxygen atoms in total. The van der Waals surface area contributed by atoms with Gasteiger partial charge in [-0.1, -0.05) is 24.3 Å². The normalized spacial score (nSPS) is 13.9. The van der Waals surface area contributed by atoms with E-state index in [4.69, 9.17) is 4.74 Å². The number of ether oxygens (including phenoxy) is 1. The minimum absolute atomic E-state index is 0.205.